The van der Waals surface area contributed by atoms with Gasteiger partial charge in [-0.1, -0.05) is 18.5 Å². The average Bonchev–Trinajstić information content (AvgIpc) is 2.02. The van der Waals surface area contributed by atoms with E-state index in [-0.39, 0.29) is 5.91 Å². The Morgan fingerprint density at radius 2 is 2.27 bits per heavy atom. The summed E-state index contributed by atoms with van der Waals surface area (Å²) >= 11 is 5.65. The summed E-state index contributed by atoms with van der Waals surface area (Å²) in [6.07, 6.45) is 1.75. The number of amides is 1. The Morgan fingerprint density at radius 1 is 1.73 bits per heavy atom. The molecule has 4 heteroatoms. The molecular formula is C7H12ClNO2. The van der Waals surface area contributed by atoms with Crippen LogP contribution in [0.1, 0.15) is 13.3 Å². The number of ether oxygens (including phenoxy) is 1. The van der Waals surface area contributed by atoms with Crippen molar-refractivity contribution in [3.63, 3.8) is 0 Å². The Kier molecular flexibility index (Phi) is 4.70. The van der Waals surface area contributed by atoms with Gasteiger partial charge in [-0.3, -0.25) is 4.79 Å². The summed E-state index contributed by atoms with van der Waals surface area (Å²) in [6.45, 7) is 1.77. The molecule has 64 valence electrons. The molecular weight excluding hydrogens is 166 g/mol. The van der Waals surface area contributed by atoms with Gasteiger partial charge in [0.2, 0.25) is 5.91 Å². The summed E-state index contributed by atoms with van der Waals surface area (Å²) in [5.41, 5.74) is 0. The fourth-order valence-corrected chi connectivity index (χ4v) is 0.716. The van der Waals surface area contributed by atoms with E-state index in [4.69, 9.17) is 11.6 Å². The summed E-state index contributed by atoms with van der Waals surface area (Å²) in [7, 11) is 3.08. The van der Waals surface area contributed by atoms with Gasteiger partial charge in [0, 0.05) is 13.5 Å². The zero-order valence-electron chi connectivity index (χ0n) is 6.93. The number of methoxy groups -OCH3 is 1. The molecule has 0 spiro atoms. The highest BCUT2D eigenvalue weighted by Crippen LogP contribution is 2.07. The lowest BCUT2D eigenvalue weighted by atomic mass is 10.4. The van der Waals surface area contributed by atoms with Crippen molar-refractivity contribution in [2.24, 2.45) is 0 Å². The van der Waals surface area contributed by atoms with E-state index >= 15 is 0 Å². The number of halogens is 1. The molecule has 0 aromatic heterocycles. The Bertz CT molecular complexity index is 168. The van der Waals surface area contributed by atoms with E-state index in [9.17, 15) is 4.79 Å². The Hall–Kier alpha value is -0.700. The minimum absolute atomic E-state index is 0.0386. The number of carbonyl (C=O) groups is 1. The van der Waals surface area contributed by atoms with Crippen molar-refractivity contribution >= 4 is 17.5 Å². The van der Waals surface area contributed by atoms with Crippen LogP contribution in [0.5, 0.6) is 0 Å². The van der Waals surface area contributed by atoms with Gasteiger partial charge in [0.1, 0.15) is 11.4 Å². The molecule has 0 atom stereocenters. The first-order valence-corrected chi connectivity index (χ1v) is 3.66. The third kappa shape index (κ3) is 3.28. The number of rotatable bonds is 3. The van der Waals surface area contributed by atoms with Crippen molar-refractivity contribution in [2.75, 3.05) is 14.2 Å². The molecule has 3 nitrogen and oxygen atoms in total. The van der Waals surface area contributed by atoms with E-state index in [1.807, 2.05) is 0 Å². The molecule has 0 aromatic carbocycles. The summed E-state index contributed by atoms with van der Waals surface area (Å²) in [5.74, 6) is -0.0386. The van der Waals surface area contributed by atoms with Crippen LogP contribution in [0.2, 0.25) is 0 Å². The summed E-state index contributed by atoms with van der Waals surface area (Å²) in [6, 6.07) is 0. The second-order valence-corrected chi connectivity index (χ2v) is 2.37. The van der Waals surface area contributed by atoms with E-state index in [0.29, 0.717) is 11.6 Å². The van der Waals surface area contributed by atoms with E-state index < -0.39 is 0 Å². The van der Waals surface area contributed by atoms with Gasteiger partial charge in [0.05, 0.1) is 7.11 Å². The smallest absolute Gasteiger partial charge is 0.227 e. The van der Waals surface area contributed by atoms with Gasteiger partial charge in [0.15, 0.2) is 0 Å². The standard InChI is InChI=1S/C7H12ClNO2/c1-4-7(10)9(2)6(8)5-11-3/h5H,4H2,1-3H3/b6-5-. The molecule has 0 N–H and O–H groups in total. The van der Waals surface area contributed by atoms with Crippen LogP contribution in [-0.4, -0.2) is 25.0 Å². The molecule has 0 bridgehead atoms. The lowest BCUT2D eigenvalue weighted by Gasteiger charge is -2.13. The van der Waals surface area contributed by atoms with Crippen LogP contribution in [0.4, 0.5) is 0 Å². The largest absolute Gasteiger partial charge is 0.501 e. The molecule has 0 heterocycles. The molecule has 0 fully saturated rings. The van der Waals surface area contributed by atoms with Crippen LogP contribution in [0.3, 0.4) is 0 Å². The summed E-state index contributed by atoms with van der Waals surface area (Å²) in [5, 5.41) is 0.291. The van der Waals surface area contributed by atoms with Gasteiger partial charge in [0.25, 0.3) is 0 Å². The van der Waals surface area contributed by atoms with Gasteiger partial charge >= 0.3 is 0 Å². The lowest BCUT2D eigenvalue weighted by molar-refractivity contribution is -0.127. The zero-order valence-corrected chi connectivity index (χ0v) is 7.68. The van der Waals surface area contributed by atoms with Crippen molar-refractivity contribution in [3.05, 3.63) is 11.4 Å². The molecule has 0 unspecified atom stereocenters. The number of nitrogens with zero attached hydrogens (tertiary/aromatic N) is 1. The van der Waals surface area contributed by atoms with Crippen molar-refractivity contribution < 1.29 is 9.53 Å². The highest BCUT2D eigenvalue weighted by molar-refractivity contribution is 6.30. The second kappa shape index (κ2) is 5.02. The van der Waals surface area contributed by atoms with Crippen LogP contribution >= 0.6 is 11.6 Å². The van der Waals surface area contributed by atoms with Crippen LogP contribution in [0.25, 0.3) is 0 Å². The maximum atomic E-state index is 11.0. The van der Waals surface area contributed by atoms with Gasteiger partial charge < -0.3 is 9.64 Å². The van der Waals surface area contributed by atoms with Gasteiger partial charge in [-0.05, 0) is 0 Å². The van der Waals surface area contributed by atoms with Crippen LogP contribution in [0.15, 0.2) is 11.4 Å². The summed E-state index contributed by atoms with van der Waals surface area (Å²) < 4.78 is 4.63. The van der Waals surface area contributed by atoms with Gasteiger partial charge in [-0.2, -0.15) is 0 Å². The first-order valence-electron chi connectivity index (χ1n) is 3.28. The van der Waals surface area contributed by atoms with Crippen molar-refractivity contribution in [1.29, 1.82) is 0 Å². The monoisotopic (exact) mass is 177 g/mol. The predicted molar refractivity (Wildman–Crippen MR) is 44.0 cm³/mol. The zero-order chi connectivity index (χ0) is 8.85. The van der Waals surface area contributed by atoms with Crippen molar-refractivity contribution in [2.45, 2.75) is 13.3 Å². The third-order valence-electron chi connectivity index (χ3n) is 1.21. The highest BCUT2D eigenvalue weighted by atomic mass is 35.5. The Morgan fingerprint density at radius 3 is 2.64 bits per heavy atom. The molecule has 0 aromatic rings. The topological polar surface area (TPSA) is 29.5 Å². The Balaban J connectivity index is 4.12. The maximum Gasteiger partial charge on any atom is 0.227 e. The van der Waals surface area contributed by atoms with E-state index in [2.05, 4.69) is 4.74 Å². The summed E-state index contributed by atoms with van der Waals surface area (Å²) in [4.78, 5) is 12.3. The normalized spacial score (nSPS) is 11.1. The molecule has 0 saturated carbocycles. The molecule has 0 aliphatic carbocycles. The molecule has 0 radical (unpaired) electrons. The van der Waals surface area contributed by atoms with Crippen molar-refractivity contribution in [1.82, 2.24) is 4.90 Å². The predicted octanol–water partition coefficient (Wildman–Crippen LogP) is 1.54. The van der Waals surface area contributed by atoms with Crippen LogP contribution < -0.4 is 0 Å². The maximum absolute atomic E-state index is 11.0. The molecule has 1 amide bonds. The number of carbonyl (C=O) groups excluding carboxylic acids is 1. The first kappa shape index (κ1) is 10.3. The van der Waals surface area contributed by atoms with Crippen LogP contribution in [0, 0.1) is 0 Å². The Labute approximate surface area is 71.6 Å². The quantitative estimate of drug-likeness (QED) is 0.484. The fraction of sp³-hybridized carbons (Fsp3) is 0.571. The minimum Gasteiger partial charge on any atom is -0.501 e. The number of hydrogen-bond acceptors (Lipinski definition) is 2. The lowest BCUT2D eigenvalue weighted by Crippen LogP contribution is -2.22. The molecule has 0 aliphatic rings. The molecule has 0 rings (SSSR count). The molecule has 0 aliphatic heterocycles. The van der Waals surface area contributed by atoms with E-state index in [1.165, 1.54) is 18.3 Å². The van der Waals surface area contributed by atoms with Crippen LogP contribution in [-0.2, 0) is 9.53 Å². The molecule has 0 saturated heterocycles. The van der Waals surface area contributed by atoms with Gasteiger partial charge in [-0.15, -0.1) is 0 Å². The van der Waals surface area contributed by atoms with E-state index in [0.717, 1.165) is 0 Å². The minimum atomic E-state index is -0.0386. The highest BCUT2D eigenvalue weighted by Gasteiger charge is 2.08. The molecule has 11 heavy (non-hydrogen) atoms. The first-order chi connectivity index (χ1) is 5.13. The average molecular weight is 178 g/mol. The van der Waals surface area contributed by atoms with Crippen molar-refractivity contribution in [3.8, 4) is 0 Å². The SMILES string of the molecule is CCC(=O)N(C)/C(Cl)=C\OC. The third-order valence-corrected chi connectivity index (χ3v) is 1.55. The number of hydrogen-bond donors (Lipinski definition) is 0. The second-order valence-electron chi connectivity index (χ2n) is 1.98. The van der Waals surface area contributed by atoms with E-state index in [1.54, 1.807) is 14.0 Å². The van der Waals surface area contributed by atoms with Gasteiger partial charge in [-0.25, -0.2) is 0 Å². The fourth-order valence-electron chi connectivity index (χ4n) is 0.533.